The molecule has 0 amide bonds. The molecule has 3 aromatic rings. The van der Waals surface area contributed by atoms with Crippen LogP contribution in [0.3, 0.4) is 0 Å². The minimum absolute atomic E-state index is 0.00576. The van der Waals surface area contributed by atoms with Gasteiger partial charge in [0.25, 0.3) is 0 Å². The van der Waals surface area contributed by atoms with Gasteiger partial charge in [0.1, 0.15) is 29.6 Å². The first kappa shape index (κ1) is 18.1. The predicted octanol–water partition coefficient (Wildman–Crippen LogP) is 3.73. The Balaban J connectivity index is 1.74. The SMILES string of the molecule is CC(=O)OCc1ccc2c(c1)C(=O)OC21c2ccc(O)cc2Oc2cc(O)ccc21. The summed E-state index contributed by atoms with van der Waals surface area (Å²) in [6.07, 6.45) is 0. The van der Waals surface area contributed by atoms with Crippen LogP contribution in [0.4, 0.5) is 0 Å². The van der Waals surface area contributed by atoms with Gasteiger partial charge in [-0.2, -0.15) is 0 Å². The van der Waals surface area contributed by atoms with Crippen molar-refractivity contribution in [3.8, 4) is 23.0 Å². The molecule has 2 heterocycles. The minimum atomic E-state index is -1.29. The van der Waals surface area contributed by atoms with Crippen molar-refractivity contribution < 1.29 is 34.0 Å². The molecule has 2 aliphatic heterocycles. The van der Waals surface area contributed by atoms with Crippen LogP contribution in [-0.4, -0.2) is 22.2 Å². The van der Waals surface area contributed by atoms with E-state index in [4.69, 9.17) is 14.2 Å². The van der Waals surface area contributed by atoms with Gasteiger partial charge in [-0.25, -0.2) is 4.79 Å². The number of rotatable bonds is 2. The molecule has 0 saturated heterocycles. The summed E-state index contributed by atoms with van der Waals surface area (Å²) in [5.74, 6) is -0.325. The van der Waals surface area contributed by atoms with Crippen molar-refractivity contribution in [1.82, 2.24) is 0 Å². The van der Waals surface area contributed by atoms with Gasteiger partial charge in [-0.1, -0.05) is 12.1 Å². The third-order valence-electron chi connectivity index (χ3n) is 5.28. The molecular weight excluding hydrogens is 388 g/mol. The van der Waals surface area contributed by atoms with Crippen LogP contribution in [0.1, 0.15) is 39.5 Å². The molecule has 30 heavy (non-hydrogen) atoms. The molecule has 5 rings (SSSR count). The number of carbonyl (C=O) groups excluding carboxylic acids is 2. The van der Waals surface area contributed by atoms with E-state index in [9.17, 15) is 19.8 Å². The van der Waals surface area contributed by atoms with Crippen molar-refractivity contribution in [2.75, 3.05) is 0 Å². The standard InChI is InChI=1S/C23H16O7/c1-12(24)28-11-13-2-5-17-16(8-13)22(27)30-23(17)18-6-3-14(25)9-20(18)29-21-10-15(26)4-7-19(21)23/h2-10,25-26H,11H2,1H3. The quantitative estimate of drug-likeness (QED) is 0.628. The predicted molar refractivity (Wildman–Crippen MR) is 103 cm³/mol. The lowest BCUT2D eigenvalue weighted by molar-refractivity contribution is -0.142. The van der Waals surface area contributed by atoms with E-state index in [0.29, 0.717) is 39.3 Å². The van der Waals surface area contributed by atoms with Crippen LogP contribution in [-0.2, 0) is 26.5 Å². The lowest BCUT2D eigenvalue weighted by Crippen LogP contribution is -2.32. The molecule has 0 atom stereocenters. The molecular formula is C23H16O7. The van der Waals surface area contributed by atoms with Gasteiger partial charge < -0.3 is 24.4 Å². The summed E-state index contributed by atoms with van der Waals surface area (Å²) in [7, 11) is 0. The first-order valence-electron chi connectivity index (χ1n) is 9.23. The van der Waals surface area contributed by atoms with E-state index in [0.717, 1.165) is 0 Å². The molecule has 0 saturated carbocycles. The topological polar surface area (TPSA) is 102 Å². The molecule has 2 aliphatic rings. The van der Waals surface area contributed by atoms with E-state index in [2.05, 4.69) is 0 Å². The van der Waals surface area contributed by atoms with Gasteiger partial charge in [0.15, 0.2) is 5.60 Å². The highest BCUT2D eigenvalue weighted by Gasteiger charge is 2.53. The van der Waals surface area contributed by atoms with Gasteiger partial charge in [0.05, 0.1) is 5.56 Å². The number of ether oxygens (including phenoxy) is 3. The fourth-order valence-electron chi connectivity index (χ4n) is 4.03. The number of aromatic hydroxyl groups is 2. The molecule has 7 heteroatoms. The Bertz CT molecular complexity index is 1180. The lowest BCUT2D eigenvalue weighted by Gasteiger charge is -2.36. The van der Waals surface area contributed by atoms with Crippen LogP contribution >= 0.6 is 0 Å². The van der Waals surface area contributed by atoms with Crippen LogP contribution in [0.15, 0.2) is 54.6 Å². The number of phenolic OH excluding ortho intramolecular Hbond substituents is 2. The Morgan fingerprint density at radius 3 is 2.13 bits per heavy atom. The summed E-state index contributed by atoms with van der Waals surface area (Å²) < 4.78 is 16.9. The first-order chi connectivity index (χ1) is 14.4. The zero-order chi connectivity index (χ0) is 21.0. The summed E-state index contributed by atoms with van der Waals surface area (Å²) in [6, 6.07) is 14.3. The number of esters is 2. The maximum Gasteiger partial charge on any atom is 0.340 e. The number of fused-ring (bicyclic) bond motifs is 6. The van der Waals surface area contributed by atoms with E-state index < -0.39 is 17.5 Å². The third kappa shape index (κ3) is 2.52. The van der Waals surface area contributed by atoms with Gasteiger partial charge >= 0.3 is 11.9 Å². The smallest absolute Gasteiger partial charge is 0.340 e. The zero-order valence-corrected chi connectivity index (χ0v) is 15.8. The normalized spacial score (nSPS) is 14.9. The highest BCUT2D eigenvalue weighted by atomic mass is 16.6. The second-order valence-corrected chi connectivity index (χ2v) is 7.19. The van der Waals surface area contributed by atoms with E-state index in [1.54, 1.807) is 30.3 Å². The van der Waals surface area contributed by atoms with Gasteiger partial charge in [-0.15, -0.1) is 0 Å². The average molecular weight is 404 g/mol. The van der Waals surface area contributed by atoms with Crippen LogP contribution < -0.4 is 4.74 Å². The highest BCUT2D eigenvalue weighted by molar-refractivity contribution is 5.97. The number of hydrogen-bond donors (Lipinski definition) is 2. The lowest BCUT2D eigenvalue weighted by atomic mass is 9.77. The second kappa shape index (κ2) is 6.25. The van der Waals surface area contributed by atoms with Crippen LogP contribution in [0.25, 0.3) is 0 Å². The molecule has 0 radical (unpaired) electrons. The summed E-state index contributed by atoms with van der Waals surface area (Å²) in [5.41, 5.74) is 1.41. The Labute approximate surface area is 171 Å². The molecule has 3 aromatic carbocycles. The average Bonchev–Trinajstić information content (AvgIpc) is 2.98. The summed E-state index contributed by atoms with van der Waals surface area (Å²) >= 11 is 0. The molecule has 0 unspecified atom stereocenters. The molecule has 150 valence electrons. The highest BCUT2D eigenvalue weighted by Crippen LogP contribution is 2.57. The van der Waals surface area contributed by atoms with Crippen LogP contribution in [0, 0.1) is 0 Å². The largest absolute Gasteiger partial charge is 0.508 e. The fourth-order valence-corrected chi connectivity index (χ4v) is 4.03. The molecule has 1 spiro atoms. The minimum Gasteiger partial charge on any atom is -0.508 e. The summed E-state index contributed by atoms with van der Waals surface area (Å²) in [4.78, 5) is 24.0. The first-order valence-corrected chi connectivity index (χ1v) is 9.23. The molecule has 0 fully saturated rings. The molecule has 0 aromatic heterocycles. The van der Waals surface area contributed by atoms with Gasteiger partial charge in [-0.05, 0) is 35.9 Å². The van der Waals surface area contributed by atoms with Crippen LogP contribution in [0.2, 0.25) is 0 Å². The van der Waals surface area contributed by atoms with Crippen LogP contribution in [0.5, 0.6) is 23.0 Å². The summed E-state index contributed by atoms with van der Waals surface area (Å²) in [6.45, 7) is 1.36. The zero-order valence-electron chi connectivity index (χ0n) is 15.8. The molecule has 7 nitrogen and oxygen atoms in total. The van der Waals surface area contributed by atoms with Crippen molar-refractivity contribution >= 4 is 11.9 Å². The maximum atomic E-state index is 12.9. The van der Waals surface area contributed by atoms with Crippen molar-refractivity contribution in [3.05, 3.63) is 82.4 Å². The van der Waals surface area contributed by atoms with E-state index >= 15 is 0 Å². The monoisotopic (exact) mass is 404 g/mol. The molecule has 0 aliphatic carbocycles. The van der Waals surface area contributed by atoms with Gasteiger partial charge in [-0.3, -0.25) is 4.79 Å². The Kier molecular flexibility index (Phi) is 3.76. The Morgan fingerprint density at radius 2 is 1.53 bits per heavy atom. The fraction of sp³-hybridized carbons (Fsp3) is 0.130. The number of phenols is 2. The second-order valence-electron chi connectivity index (χ2n) is 7.19. The van der Waals surface area contributed by atoms with Gasteiger partial charge in [0.2, 0.25) is 0 Å². The summed E-state index contributed by atoms with van der Waals surface area (Å²) in [5, 5.41) is 19.9. The number of carbonyl (C=O) groups is 2. The molecule has 0 bridgehead atoms. The Morgan fingerprint density at radius 1 is 0.933 bits per heavy atom. The number of hydrogen-bond acceptors (Lipinski definition) is 7. The van der Waals surface area contributed by atoms with E-state index in [1.807, 2.05) is 0 Å². The Hall–Kier alpha value is -4.00. The van der Waals surface area contributed by atoms with Crippen molar-refractivity contribution in [3.63, 3.8) is 0 Å². The third-order valence-corrected chi connectivity index (χ3v) is 5.28. The molecule has 2 N–H and O–H groups in total. The number of benzene rings is 3. The van der Waals surface area contributed by atoms with Crippen molar-refractivity contribution in [2.24, 2.45) is 0 Å². The van der Waals surface area contributed by atoms with E-state index in [-0.39, 0.29) is 18.1 Å². The van der Waals surface area contributed by atoms with Crippen molar-refractivity contribution in [2.45, 2.75) is 19.1 Å². The van der Waals surface area contributed by atoms with Gasteiger partial charge in [0, 0.05) is 35.7 Å². The van der Waals surface area contributed by atoms with E-state index in [1.165, 1.54) is 31.2 Å². The van der Waals surface area contributed by atoms with Crippen molar-refractivity contribution in [1.29, 1.82) is 0 Å². The maximum absolute atomic E-state index is 12.9.